The van der Waals surface area contributed by atoms with Crippen molar-refractivity contribution >= 4 is 46.6 Å². The number of fused-ring (bicyclic) bond motifs is 4. The van der Waals surface area contributed by atoms with Crippen LogP contribution in [0.5, 0.6) is 5.75 Å². The molecule has 6 atom stereocenters. The molecule has 1 heterocycles. The van der Waals surface area contributed by atoms with Crippen LogP contribution in [0.25, 0.3) is 11.8 Å². The molecule has 0 bridgehead atoms. The Morgan fingerprint density at radius 2 is 1.97 bits per heavy atom. The third-order valence-corrected chi connectivity index (χ3v) is 9.91. The monoisotopic (exact) mass is 508 g/mol. The number of rotatable bonds is 3. The molecule has 1 aromatic rings. The summed E-state index contributed by atoms with van der Waals surface area (Å²) in [5.74, 6) is -5.89. The fourth-order valence-electron chi connectivity index (χ4n) is 6.45. The third kappa shape index (κ3) is 2.76. The van der Waals surface area contributed by atoms with Crippen molar-refractivity contribution in [2.24, 2.45) is 28.5 Å². The average Bonchev–Trinajstić information content (AvgIpc) is 3.13. The SMILES string of the molecule is CC1C2N=CSC12/C=C/c1ccc(O)c2c1C[C@H]1C[C@H]3CC(=O)C(C(N)=O)=C(O)[C@@]3(O)C(=O)C1=C2O. The summed E-state index contributed by atoms with van der Waals surface area (Å²) < 4.78 is -0.0930. The van der Waals surface area contributed by atoms with Crippen molar-refractivity contribution in [2.45, 2.75) is 42.6 Å². The van der Waals surface area contributed by atoms with E-state index in [1.807, 2.05) is 11.6 Å². The molecule has 0 spiro atoms. The van der Waals surface area contributed by atoms with Crippen LogP contribution in [0.3, 0.4) is 0 Å². The highest BCUT2D eigenvalue weighted by atomic mass is 32.2. The molecule has 6 rings (SSSR count). The zero-order valence-corrected chi connectivity index (χ0v) is 20.1. The van der Waals surface area contributed by atoms with Gasteiger partial charge in [0.1, 0.15) is 22.8 Å². The number of nitrogens with two attached hydrogens (primary N) is 1. The molecule has 1 aromatic carbocycles. The van der Waals surface area contributed by atoms with Crippen molar-refractivity contribution in [2.75, 3.05) is 0 Å². The van der Waals surface area contributed by atoms with Crippen molar-refractivity contribution in [3.63, 3.8) is 0 Å². The molecule has 5 aliphatic rings. The maximum absolute atomic E-state index is 13.6. The first-order valence-electron chi connectivity index (χ1n) is 11.7. The van der Waals surface area contributed by atoms with Crippen LogP contribution < -0.4 is 5.73 Å². The van der Waals surface area contributed by atoms with Crippen molar-refractivity contribution in [1.29, 1.82) is 0 Å². The van der Waals surface area contributed by atoms with E-state index < -0.39 is 52.0 Å². The zero-order valence-electron chi connectivity index (χ0n) is 19.3. The Hall–Kier alpha value is -3.37. The number of phenols is 1. The summed E-state index contributed by atoms with van der Waals surface area (Å²) >= 11 is 1.67. The summed E-state index contributed by atoms with van der Waals surface area (Å²) in [6.07, 6.45) is 4.09. The summed E-state index contributed by atoms with van der Waals surface area (Å²) in [6.45, 7) is 2.14. The normalized spacial score (nSPS) is 36.6. The quantitative estimate of drug-likeness (QED) is 0.386. The summed E-state index contributed by atoms with van der Waals surface area (Å²) in [4.78, 5) is 42.3. The van der Waals surface area contributed by atoms with Crippen LogP contribution in [0.4, 0.5) is 0 Å². The summed E-state index contributed by atoms with van der Waals surface area (Å²) in [5.41, 5.74) is 5.10. The van der Waals surface area contributed by atoms with Crippen LogP contribution in [-0.4, -0.2) is 59.8 Å². The molecule has 4 aliphatic carbocycles. The molecule has 0 saturated heterocycles. The number of nitrogens with zero attached hydrogens (tertiary/aromatic N) is 1. The number of hydrogen-bond donors (Lipinski definition) is 5. The maximum atomic E-state index is 13.6. The number of carbonyl (C=O) groups is 3. The molecule has 186 valence electrons. The number of aliphatic hydroxyl groups is 3. The van der Waals surface area contributed by atoms with Gasteiger partial charge in [-0.1, -0.05) is 25.1 Å². The Morgan fingerprint density at radius 3 is 2.64 bits per heavy atom. The molecule has 2 saturated carbocycles. The summed E-state index contributed by atoms with van der Waals surface area (Å²) in [7, 11) is 0. The molecule has 1 amide bonds. The van der Waals surface area contributed by atoms with Crippen LogP contribution in [-0.2, 0) is 20.8 Å². The Kier molecular flexibility index (Phi) is 4.69. The van der Waals surface area contributed by atoms with Crippen LogP contribution in [0.1, 0.15) is 36.5 Å². The van der Waals surface area contributed by atoms with Crippen molar-refractivity contribution in [3.05, 3.63) is 51.8 Å². The number of ketones is 2. The predicted molar refractivity (Wildman–Crippen MR) is 132 cm³/mol. The Balaban J connectivity index is 1.45. The molecule has 9 nitrogen and oxygen atoms in total. The van der Waals surface area contributed by atoms with Gasteiger partial charge in [-0.25, -0.2) is 0 Å². The number of benzene rings is 1. The Labute approximate surface area is 210 Å². The average molecular weight is 509 g/mol. The summed E-state index contributed by atoms with van der Waals surface area (Å²) in [5, 5.41) is 43.8. The first kappa shape index (κ1) is 23.1. The van der Waals surface area contributed by atoms with Gasteiger partial charge in [-0.2, -0.15) is 0 Å². The molecule has 36 heavy (non-hydrogen) atoms. The standard InChI is InChI=1S/C26H24N2O7S/c1-10-21-25(10,36-9-28-21)5-4-11-2-3-15(29)18-14(11)7-12-6-13-8-16(30)19(24(27)34)23(33)26(13,35)22(32)17(12)20(18)31/h2-5,9-10,12-13,21,29,31,33,35H,6-8H2,1H3,(H2,27,34)/b5-4+/t10?,12-,13+,21?,25?,26+/m1/s1. The number of carbonyl (C=O) groups excluding carboxylic acids is 3. The molecular weight excluding hydrogens is 484 g/mol. The number of primary amides is 1. The number of aliphatic imine (C=N–C) groups is 1. The zero-order chi connectivity index (χ0) is 25.7. The van der Waals surface area contributed by atoms with Crippen LogP contribution in [0.15, 0.2) is 40.1 Å². The van der Waals surface area contributed by atoms with E-state index in [9.17, 15) is 34.8 Å². The number of hydrogen-bond acceptors (Lipinski definition) is 9. The number of amides is 1. The predicted octanol–water partition coefficient (Wildman–Crippen LogP) is 1.97. The van der Waals surface area contributed by atoms with E-state index in [4.69, 9.17) is 5.73 Å². The molecule has 3 unspecified atom stereocenters. The largest absolute Gasteiger partial charge is 0.508 e. The summed E-state index contributed by atoms with van der Waals surface area (Å²) in [6, 6.07) is 3.42. The minimum Gasteiger partial charge on any atom is -0.508 e. The number of thioether (sulfide) groups is 1. The lowest BCUT2D eigenvalue weighted by Gasteiger charge is -2.46. The van der Waals surface area contributed by atoms with Gasteiger partial charge in [0.05, 0.1) is 21.9 Å². The van der Waals surface area contributed by atoms with E-state index in [0.29, 0.717) is 11.5 Å². The first-order valence-corrected chi connectivity index (χ1v) is 12.6. The maximum Gasteiger partial charge on any atom is 0.255 e. The van der Waals surface area contributed by atoms with Crippen molar-refractivity contribution < 1.29 is 34.8 Å². The highest BCUT2D eigenvalue weighted by Crippen LogP contribution is 2.60. The van der Waals surface area contributed by atoms with Gasteiger partial charge >= 0.3 is 0 Å². The van der Waals surface area contributed by atoms with Crippen LogP contribution in [0.2, 0.25) is 0 Å². The number of aliphatic hydroxyl groups excluding tert-OH is 2. The highest BCUT2D eigenvalue weighted by molar-refractivity contribution is 8.14. The number of phenolic OH excluding ortho intramolecular Hbond substituents is 1. The van der Waals surface area contributed by atoms with E-state index in [1.165, 1.54) is 6.07 Å². The molecule has 0 radical (unpaired) electrons. The molecule has 0 aromatic heterocycles. The van der Waals surface area contributed by atoms with E-state index in [2.05, 4.69) is 18.0 Å². The number of aromatic hydroxyl groups is 1. The van der Waals surface area contributed by atoms with Crippen LogP contribution >= 0.6 is 11.8 Å². The second kappa shape index (κ2) is 7.33. The van der Waals surface area contributed by atoms with Gasteiger partial charge in [-0.15, -0.1) is 11.8 Å². The van der Waals surface area contributed by atoms with Crippen molar-refractivity contribution in [3.8, 4) is 5.75 Å². The fourth-order valence-corrected chi connectivity index (χ4v) is 7.66. The van der Waals surface area contributed by atoms with Gasteiger partial charge < -0.3 is 26.2 Å². The fraction of sp³-hybridized carbons (Fsp3) is 0.385. The smallest absolute Gasteiger partial charge is 0.255 e. The van der Waals surface area contributed by atoms with Crippen LogP contribution in [0, 0.1) is 17.8 Å². The molecular formula is C26H24N2O7S. The van der Waals surface area contributed by atoms with Crippen molar-refractivity contribution in [1.82, 2.24) is 0 Å². The van der Waals surface area contributed by atoms with E-state index in [0.717, 1.165) is 5.56 Å². The third-order valence-electron chi connectivity index (χ3n) is 8.52. The lowest BCUT2D eigenvalue weighted by atomic mass is 9.59. The Bertz CT molecular complexity index is 1410. The second-order valence-electron chi connectivity index (χ2n) is 10.2. The minimum atomic E-state index is -2.56. The van der Waals surface area contributed by atoms with E-state index in [-0.39, 0.29) is 46.9 Å². The van der Waals surface area contributed by atoms with Gasteiger partial charge in [0.25, 0.3) is 5.91 Å². The van der Waals surface area contributed by atoms with E-state index >= 15 is 0 Å². The molecule has 2 fully saturated rings. The molecule has 1 aliphatic heterocycles. The van der Waals surface area contributed by atoms with Gasteiger partial charge in [0.2, 0.25) is 5.78 Å². The van der Waals surface area contributed by atoms with Gasteiger partial charge in [0, 0.05) is 23.8 Å². The number of Topliss-reactive ketones (excluding diaryl/α,β-unsaturated/α-hetero) is 2. The molecule has 10 heteroatoms. The highest BCUT2D eigenvalue weighted by Gasteiger charge is 2.63. The van der Waals surface area contributed by atoms with Gasteiger partial charge in [-0.05, 0) is 36.0 Å². The van der Waals surface area contributed by atoms with Gasteiger partial charge in [-0.3, -0.25) is 19.4 Å². The lowest BCUT2D eigenvalue weighted by Crippen LogP contribution is -2.58. The van der Waals surface area contributed by atoms with Gasteiger partial charge in [0.15, 0.2) is 11.4 Å². The van der Waals surface area contributed by atoms with E-state index in [1.54, 1.807) is 17.8 Å². The lowest BCUT2D eigenvalue weighted by molar-refractivity contribution is -0.147. The topological polar surface area (TPSA) is 171 Å². The first-order chi connectivity index (χ1) is 17.0. The Morgan fingerprint density at radius 1 is 1.22 bits per heavy atom. The second-order valence-corrected chi connectivity index (χ2v) is 11.4. The minimum absolute atomic E-state index is 0.0930. The molecule has 6 N–H and O–H groups in total.